The van der Waals surface area contributed by atoms with E-state index >= 15 is 0 Å². The van der Waals surface area contributed by atoms with E-state index in [-0.39, 0.29) is 16.6 Å². The normalized spacial score (nSPS) is 10.0. The minimum Gasteiger partial charge on any atom is -0.462 e. The Kier molecular flexibility index (Phi) is 3.95. The van der Waals surface area contributed by atoms with Crippen LogP contribution in [0.15, 0.2) is 21.5 Å². The molecule has 0 spiro atoms. The van der Waals surface area contributed by atoms with E-state index < -0.39 is 11.8 Å². The van der Waals surface area contributed by atoms with Crippen molar-refractivity contribution in [3.63, 3.8) is 0 Å². The van der Waals surface area contributed by atoms with Gasteiger partial charge >= 0.3 is 5.97 Å². The number of hydrogen-bond acceptors (Lipinski definition) is 3. The SMILES string of the molecule is CCOC(=O)c1cc(S)cc(F)c1Br. The van der Waals surface area contributed by atoms with Crippen LogP contribution in [-0.2, 0) is 4.74 Å². The minimum atomic E-state index is -0.561. The first-order chi connectivity index (χ1) is 6.56. The third-order valence-corrected chi connectivity index (χ3v) is 2.57. The van der Waals surface area contributed by atoms with E-state index in [1.54, 1.807) is 6.92 Å². The maximum absolute atomic E-state index is 13.1. The Morgan fingerprint density at radius 1 is 1.64 bits per heavy atom. The van der Waals surface area contributed by atoms with Crippen molar-refractivity contribution in [1.29, 1.82) is 0 Å². The van der Waals surface area contributed by atoms with Crippen molar-refractivity contribution < 1.29 is 13.9 Å². The summed E-state index contributed by atoms with van der Waals surface area (Å²) in [6, 6.07) is 2.67. The third kappa shape index (κ3) is 2.48. The van der Waals surface area contributed by atoms with Gasteiger partial charge in [0.2, 0.25) is 0 Å². The molecule has 0 bridgehead atoms. The van der Waals surface area contributed by atoms with E-state index in [0.29, 0.717) is 4.90 Å². The molecule has 0 heterocycles. The molecule has 0 saturated carbocycles. The number of esters is 1. The highest BCUT2D eigenvalue weighted by Crippen LogP contribution is 2.24. The molecule has 0 saturated heterocycles. The van der Waals surface area contributed by atoms with Crippen LogP contribution in [-0.4, -0.2) is 12.6 Å². The first-order valence-corrected chi connectivity index (χ1v) is 5.15. The summed E-state index contributed by atoms with van der Waals surface area (Å²) < 4.78 is 18.0. The second-order valence-corrected chi connectivity index (χ2v) is 3.82. The average molecular weight is 279 g/mol. The zero-order valence-electron chi connectivity index (χ0n) is 7.38. The van der Waals surface area contributed by atoms with Gasteiger partial charge in [-0.15, -0.1) is 12.6 Å². The highest BCUT2D eigenvalue weighted by molar-refractivity contribution is 9.10. The summed E-state index contributed by atoms with van der Waals surface area (Å²) in [5, 5.41) is 0. The molecule has 1 aromatic rings. The van der Waals surface area contributed by atoms with E-state index in [0.717, 1.165) is 0 Å². The van der Waals surface area contributed by atoms with Gasteiger partial charge in [0, 0.05) is 4.90 Å². The molecule has 1 aromatic carbocycles. The topological polar surface area (TPSA) is 26.3 Å². The van der Waals surface area contributed by atoms with Crippen LogP contribution in [0.25, 0.3) is 0 Å². The van der Waals surface area contributed by atoms with E-state index in [2.05, 4.69) is 28.6 Å². The van der Waals surface area contributed by atoms with Gasteiger partial charge in [-0.2, -0.15) is 0 Å². The van der Waals surface area contributed by atoms with Gasteiger partial charge in [-0.1, -0.05) is 0 Å². The first-order valence-electron chi connectivity index (χ1n) is 3.91. The van der Waals surface area contributed by atoms with Crippen LogP contribution in [0.4, 0.5) is 4.39 Å². The van der Waals surface area contributed by atoms with Crippen LogP contribution in [0.1, 0.15) is 17.3 Å². The van der Waals surface area contributed by atoms with Crippen molar-refractivity contribution in [3.8, 4) is 0 Å². The summed E-state index contributed by atoms with van der Waals surface area (Å²) in [5.74, 6) is -1.09. The molecule has 0 aromatic heterocycles. The van der Waals surface area contributed by atoms with Gasteiger partial charge < -0.3 is 4.74 Å². The van der Waals surface area contributed by atoms with Gasteiger partial charge in [-0.25, -0.2) is 9.18 Å². The molecule has 1 rings (SSSR count). The Morgan fingerprint density at radius 2 is 2.29 bits per heavy atom. The summed E-state index contributed by atoms with van der Waals surface area (Å²) >= 11 is 6.94. The molecule has 76 valence electrons. The van der Waals surface area contributed by atoms with Crippen LogP contribution in [0.3, 0.4) is 0 Å². The van der Waals surface area contributed by atoms with Crippen LogP contribution < -0.4 is 0 Å². The lowest BCUT2D eigenvalue weighted by Crippen LogP contribution is -2.06. The van der Waals surface area contributed by atoms with Crippen molar-refractivity contribution >= 4 is 34.5 Å². The molecular formula is C9H8BrFO2S. The summed E-state index contributed by atoms with van der Waals surface area (Å²) in [6.45, 7) is 1.94. The van der Waals surface area contributed by atoms with Crippen molar-refractivity contribution in [2.24, 2.45) is 0 Å². The number of halogens is 2. The number of rotatable bonds is 2. The molecular weight excluding hydrogens is 271 g/mol. The predicted molar refractivity (Wildman–Crippen MR) is 57.3 cm³/mol. The third-order valence-electron chi connectivity index (χ3n) is 1.51. The Balaban J connectivity index is 3.13. The van der Waals surface area contributed by atoms with E-state index in [1.807, 2.05) is 0 Å². The first kappa shape index (κ1) is 11.5. The van der Waals surface area contributed by atoms with E-state index in [9.17, 15) is 9.18 Å². The van der Waals surface area contributed by atoms with Gasteiger partial charge in [0.1, 0.15) is 5.82 Å². The van der Waals surface area contributed by atoms with Gasteiger partial charge in [0.15, 0.2) is 0 Å². The molecule has 0 aliphatic heterocycles. The highest BCUT2D eigenvalue weighted by atomic mass is 79.9. The van der Waals surface area contributed by atoms with Crippen molar-refractivity contribution in [2.75, 3.05) is 6.61 Å². The fraction of sp³-hybridized carbons (Fsp3) is 0.222. The van der Waals surface area contributed by atoms with Crippen molar-refractivity contribution in [2.45, 2.75) is 11.8 Å². The van der Waals surface area contributed by atoms with Gasteiger partial charge in [0.25, 0.3) is 0 Å². The number of ether oxygens (including phenoxy) is 1. The Bertz CT molecular complexity index is 368. The fourth-order valence-electron chi connectivity index (χ4n) is 0.932. The number of thiol groups is 1. The molecule has 0 amide bonds. The summed E-state index contributed by atoms with van der Waals surface area (Å²) in [5.41, 5.74) is 0.150. The maximum Gasteiger partial charge on any atom is 0.339 e. The average Bonchev–Trinajstić information content (AvgIpc) is 2.11. The maximum atomic E-state index is 13.1. The van der Waals surface area contributed by atoms with Crippen molar-refractivity contribution in [1.82, 2.24) is 0 Å². The van der Waals surface area contributed by atoms with E-state index in [4.69, 9.17) is 4.74 Å². The smallest absolute Gasteiger partial charge is 0.339 e. The molecule has 0 aliphatic rings. The predicted octanol–water partition coefficient (Wildman–Crippen LogP) is 3.05. The highest BCUT2D eigenvalue weighted by Gasteiger charge is 2.15. The fourth-order valence-corrected chi connectivity index (χ4v) is 1.57. The summed E-state index contributed by atoms with van der Waals surface area (Å²) in [4.78, 5) is 11.7. The summed E-state index contributed by atoms with van der Waals surface area (Å²) in [6.07, 6.45) is 0. The number of carbonyl (C=O) groups is 1. The van der Waals surface area contributed by atoms with Crippen LogP contribution in [0.2, 0.25) is 0 Å². The standard InChI is InChI=1S/C9H8BrFO2S/c1-2-13-9(12)6-3-5(14)4-7(11)8(6)10/h3-4,14H,2H2,1H3. The Morgan fingerprint density at radius 3 is 2.86 bits per heavy atom. The minimum absolute atomic E-state index is 0.105. The molecule has 5 heteroatoms. The van der Waals surface area contributed by atoms with E-state index in [1.165, 1.54) is 12.1 Å². The van der Waals surface area contributed by atoms with Crippen molar-refractivity contribution in [3.05, 3.63) is 28.0 Å². The van der Waals surface area contributed by atoms with Crippen LogP contribution >= 0.6 is 28.6 Å². The molecule has 0 aliphatic carbocycles. The molecule has 0 atom stereocenters. The lowest BCUT2D eigenvalue weighted by molar-refractivity contribution is 0.0524. The molecule has 0 N–H and O–H groups in total. The quantitative estimate of drug-likeness (QED) is 0.665. The number of benzene rings is 1. The molecule has 0 unspecified atom stereocenters. The summed E-state index contributed by atoms with van der Waals surface area (Å²) in [7, 11) is 0. The van der Waals surface area contributed by atoms with Crippen LogP contribution in [0.5, 0.6) is 0 Å². The second-order valence-electron chi connectivity index (χ2n) is 2.51. The van der Waals surface area contributed by atoms with Gasteiger partial charge in [-0.3, -0.25) is 0 Å². The number of hydrogen-bond donors (Lipinski definition) is 1. The lowest BCUT2D eigenvalue weighted by atomic mass is 10.2. The lowest BCUT2D eigenvalue weighted by Gasteiger charge is -2.05. The van der Waals surface area contributed by atoms with Gasteiger partial charge in [0.05, 0.1) is 16.6 Å². The zero-order valence-corrected chi connectivity index (χ0v) is 9.86. The molecule has 0 radical (unpaired) electrons. The Hall–Kier alpha value is -0.550. The largest absolute Gasteiger partial charge is 0.462 e. The monoisotopic (exact) mass is 278 g/mol. The molecule has 14 heavy (non-hydrogen) atoms. The molecule has 0 fully saturated rings. The molecule has 2 nitrogen and oxygen atoms in total. The number of carbonyl (C=O) groups excluding carboxylic acids is 1. The Labute approximate surface area is 95.0 Å². The zero-order chi connectivity index (χ0) is 10.7. The van der Waals surface area contributed by atoms with Crippen LogP contribution in [0, 0.1) is 5.82 Å². The second kappa shape index (κ2) is 4.79. The van der Waals surface area contributed by atoms with Gasteiger partial charge in [-0.05, 0) is 35.0 Å².